The van der Waals surface area contributed by atoms with Crippen molar-refractivity contribution >= 4 is 52.5 Å². The van der Waals surface area contributed by atoms with E-state index < -0.39 is 29.4 Å². The normalized spacial score (nSPS) is 22.9. The lowest BCUT2D eigenvalue weighted by atomic mass is 9.64. The topological polar surface area (TPSA) is 92.8 Å². The molecule has 1 amide bonds. The Hall–Kier alpha value is -5.01. The number of anilines is 2. The predicted molar refractivity (Wildman–Crippen MR) is 164 cm³/mol. The standard InChI is InChI=1S/C35H25ClN2O5/c1-20(39)43-25-17-12-23(13-18-25)33(41)31-30(32(40)22-10-15-24(36)16-11-22)35(26-7-3-4-8-27(26)37-34(35)42)29-19-14-21-6-2-5-9-28(21)38(29)31/h2-19,29-31H,1H3,(H,37,42)/t29-,30+,31+,35-/m1/s1. The number of ketones is 2. The fourth-order valence-electron chi connectivity index (χ4n) is 6.94. The van der Waals surface area contributed by atoms with E-state index in [0.717, 1.165) is 11.3 Å². The number of ether oxygens (including phenoxy) is 1. The van der Waals surface area contributed by atoms with E-state index in [2.05, 4.69) is 5.32 Å². The largest absolute Gasteiger partial charge is 0.427 e. The average molecular weight is 589 g/mol. The summed E-state index contributed by atoms with van der Waals surface area (Å²) in [5, 5.41) is 3.49. The number of Topliss-reactive ketones (excluding diaryl/α,β-unsaturated/α-hetero) is 2. The maximum absolute atomic E-state index is 14.8. The van der Waals surface area contributed by atoms with Crippen LogP contribution in [0.15, 0.2) is 103 Å². The van der Waals surface area contributed by atoms with Gasteiger partial charge in [-0.3, -0.25) is 19.2 Å². The molecule has 3 aliphatic rings. The van der Waals surface area contributed by atoms with E-state index in [1.807, 2.05) is 65.6 Å². The van der Waals surface area contributed by atoms with Crippen molar-refractivity contribution in [2.75, 3.05) is 10.2 Å². The number of benzene rings is 4. The molecule has 1 spiro atoms. The van der Waals surface area contributed by atoms with Crippen LogP contribution in [0.5, 0.6) is 5.75 Å². The van der Waals surface area contributed by atoms with Crippen LogP contribution in [-0.4, -0.2) is 35.5 Å². The van der Waals surface area contributed by atoms with Gasteiger partial charge < -0.3 is 15.0 Å². The molecule has 4 aromatic carbocycles. The number of hydrogen-bond donors (Lipinski definition) is 1. The van der Waals surface area contributed by atoms with Gasteiger partial charge in [-0.25, -0.2) is 0 Å². The van der Waals surface area contributed by atoms with E-state index in [9.17, 15) is 19.2 Å². The Bertz CT molecular complexity index is 1850. The minimum absolute atomic E-state index is 0.300. The molecule has 0 saturated carbocycles. The molecule has 7 rings (SSSR count). The van der Waals surface area contributed by atoms with Crippen LogP contribution >= 0.6 is 11.6 Å². The zero-order chi connectivity index (χ0) is 29.9. The Morgan fingerprint density at radius 3 is 2.23 bits per heavy atom. The lowest BCUT2D eigenvalue weighted by molar-refractivity contribution is -0.131. The van der Waals surface area contributed by atoms with E-state index >= 15 is 0 Å². The lowest BCUT2D eigenvalue weighted by Crippen LogP contribution is -2.51. The van der Waals surface area contributed by atoms with Gasteiger partial charge >= 0.3 is 5.97 Å². The first kappa shape index (κ1) is 26.9. The highest BCUT2D eigenvalue weighted by Gasteiger charge is 2.70. The summed E-state index contributed by atoms with van der Waals surface area (Å²) >= 11 is 6.17. The molecule has 0 aromatic heterocycles. The van der Waals surface area contributed by atoms with Crippen molar-refractivity contribution in [3.05, 3.63) is 130 Å². The summed E-state index contributed by atoms with van der Waals surface area (Å²) in [5.41, 5.74) is 2.20. The van der Waals surface area contributed by atoms with Crippen molar-refractivity contribution in [2.45, 2.75) is 24.4 Å². The van der Waals surface area contributed by atoms with Gasteiger partial charge in [0, 0.05) is 34.4 Å². The van der Waals surface area contributed by atoms with Crippen LogP contribution in [0.4, 0.5) is 11.4 Å². The Morgan fingerprint density at radius 2 is 1.49 bits per heavy atom. The number of halogens is 1. The molecule has 4 aromatic rings. The van der Waals surface area contributed by atoms with Crippen LogP contribution < -0.4 is 15.0 Å². The summed E-state index contributed by atoms with van der Waals surface area (Å²) in [4.78, 5) is 57.3. The summed E-state index contributed by atoms with van der Waals surface area (Å²) in [6.45, 7) is 1.30. The van der Waals surface area contributed by atoms with Gasteiger partial charge in [-0.2, -0.15) is 0 Å². The number of nitrogens with zero attached hydrogens (tertiary/aromatic N) is 1. The zero-order valence-electron chi connectivity index (χ0n) is 23.0. The number of nitrogens with one attached hydrogen (secondary N) is 1. The second-order valence-electron chi connectivity index (χ2n) is 10.9. The molecule has 0 radical (unpaired) electrons. The van der Waals surface area contributed by atoms with Crippen molar-refractivity contribution in [2.24, 2.45) is 5.92 Å². The number of para-hydroxylation sites is 2. The molecule has 7 nitrogen and oxygen atoms in total. The number of hydrogen-bond acceptors (Lipinski definition) is 6. The van der Waals surface area contributed by atoms with Crippen LogP contribution in [0.1, 0.15) is 38.8 Å². The van der Waals surface area contributed by atoms with Gasteiger partial charge in [0.1, 0.15) is 17.2 Å². The molecule has 8 heteroatoms. The van der Waals surface area contributed by atoms with Gasteiger partial charge in [0.25, 0.3) is 0 Å². The molecule has 1 saturated heterocycles. The molecular weight excluding hydrogens is 564 g/mol. The highest BCUT2D eigenvalue weighted by molar-refractivity contribution is 6.30. The van der Waals surface area contributed by atoms with Crippen LogP contribution in [0.3, 0.4) is 0 Å². The van der Waals surface area contributed by atoms with Gasteiger partial charge in [0.15, 0.2) is 11.6 Å². The molecule has 43 heavy (non-hydrogen) atoms. The zero-order valence-corrected chi connectivity index (χ0v) is 23.7. The summed E-state index contributed by atoms with van der Waals surface area (Å²) in [5.74, 6) is -2.27. The van der Waals surface area contributed by atoms with Gasteiger partial charge in [0.05, 0.1) is 12.0 Å². The Kier molecular flexibility index (Phi) is 6.29. The Labute approximate surface area is 252 Å². The van der Waals surface area contributed by atoms with Gasteiger partial charge in [-0.05, 0) is 71.8 Å². The van der Waals surface area contributed by atoms with Crippen LogP contribution in [-0.2, 0) is 15.0 Å². The molecule has 0 bridgehead atoms. The second kappa shape index (κ2) is 10.1. The first-order chi connectivity index (χ1) is 20.8. The third-order valence-electron chi connectivity index (χ3n) is 8.62. The van der Waals surface area contributed by atoms with Crippen molar-refractivity contribution in [1.29, 1.82) is 0 Å². The van der Waals surface area contributed by atoms with E-state index in [-0.39, 0.29) is 17.5 Å². The number of rotatable bonds is 5. The van der Waals surface area contributed by atoms with Crippen molar-refractivity contribution in [1.82, 2.24) is 0 Å². The minimum Gasteiger partial charge on any atom is -0.427 e. The summed E-state index contributed by atoms with van der Waals surface area (Å²) in [7, 11) is 0. The quantitative estimate of drug-likeness (QED) is 0.171. The first-order valence-electron chi connectivity index (χ1n) is 13.9. The lowest BCUT2D eigenvalue weighted by Gasteiger charge is -2.37. The molecular formula is C35H25ClN2O5. The fraction of sp³-hybridized carbons (Fsp3) is 0.143. The average Bonchev–Trinajstić information content (AvgIpc) is 3.49. The molecule has 1 N–H and O–H groups in total. The molecule has 0 unspecified atom stereocenters. The van der Waals surface area contributed by atoms with Crippen molar-refractivity contribution in [3.8, 4) is 5.75 Å². The Morgan fingerprint density at radius 1 is 0.837 bits per heavy atom. The van der Waals surface area contributed by atoms with E-state index in [1.165, 1.54) is 6.92 Å². The molecule has 1 fully saturated rings. The third-order valence-corrected chi connectivity index (χ3v) is 8.87. The highest BCUT2D eigenvalue weighted by Crippen LogP contribution is 2.58. The van der Waals surface area contributed by atoms with E-state index in [0.29, 0.717) is 33.1 Å². The van der Waals surface area contributed by atoms with Crippen LogP contribution in [0, 0.1) is 5.92 Å². The molecule has 212 valence electrons. The number of carbonyl (C=O) groups excluding carboxylic acids is 4. The Balaban J connectivity index is 1.48. The molecule has 3 aliphatic heterocycles. The summed E-state index contributed by atoms with van der Waals surface area (Å²) in [6.07, 6.45) is 3.89. The minimum atomic E-state index is -1.41. The smallest absolute Gasteiger partial charge is 0.308 e. The highest BCUT2D eigenvalue weighted by atomic mass is 35.5. The fourth-order valence-corrected chi connectivity index (χ4v) is 7.06. The van der Waals surface area contributed by atoms with Gasteiger partial charge in [-0.1, -0.05) is 60.2 Å². The number of esters is 1. The number of amides is 1. The summed E-state index contributed by atoms with van der Waals surface area (Å²) in [6, 6.07) is 26.1. The maximum atomic E-state index is 14.8. The monoisotopic (exact) mass is 588 g/mol. The summed E-state index contributed by atoms with van der Waals surface area (Å²) < 4.78 is 5.18. The van der Waals surface area contributed by atoms with Gasteiger partial charge in [-0.15, -0.1) is 0 Å². The van der Waals surface area contributed by atoms with Crippen LogP contribution in [0.25, 0.3) is 6.08 Å². The van der Waals surface area contributed by atoms with E-state index in [1.54, 1.807) is 48.5 Å². The number of carbonyl (C=O) groups is 4. The molecule has 0 aliphatic carbocycles. The van der Waals surface area contributed by atoms with Crippen molar-refractivity contribution in [3.63, 3.8) is 0 Å². The molecule has 3 heterocycles. The number of fused-ring (bicyclic) bond motifs is 6. The second-order valence-corrected chi connectivity index (χ2v) is 11.4. The molecule has 4 atom stereocenters. The van der Waals surface area contributed by atoms with Crippen molar-refractivity contribution < 1.29 is 23.9 Å². The van der Waals surface area contributed by atoms with Gasteiger partial charge in [0.2, 0.25) is 5.91 Å². The third kappa shape index (κ3) is 4.03. The first-order valence-corrected chi connectivity index (χ1v) is 14.3. The van der Waals surface area contributed by atoms with Crippen LogP contribution in [0.2, 0.25) is 5.02 Å². The SMILES string of the molecule is CC(=O)Oc1ccc(C(=O)[C@@H]2[C@@H](C(=O)c3ccc(Cl)cc3)[C@]3(C(=O)Nc4ccccc43)[C@H]3C=Cc4ccccc4N23)cc1. The maximum Gasteiger partial charge on any atom is 0.308 e. The predicted octanol–water partition coefficient (Wildman–Crippen LogP) is 6.12. The van der Waals surface area contributed by atoms with E-state index in [4.69, 9.17) is 16.3 Å².